The molecule has 6 aromatic rings. The Kier molecular flexibility index (Phi) is 8.21. The summed E-state index contributed by atoms with van der Waals surface area (Å²) in [6, 6.07) is 33.7. The van der Waals surface area contributed by atoms with Crippen molar-refractivity contribution in [2.24, 2.45) is 0 Å². The SMILES string of the molecule is Cc1c(Cl)c(Br)cc2c(C(=O)OCC(=O)c3ccc(-c4ccccc4)cc3)cc(-c3ccc(N4C(=O)c5ccccc5C4=O)cc3)nc12. The molecule has 2 heterocycles. The van der Waals surface area contributed by atoms with Crippen LogP contribution in [0.2, 0.25) is 5.02 Å². The Bertz CT molecular complexity index is 2250. The van der Waals surface area contributed by atoms with Gasteiger partial charge in [-0.3, -0.25) is 14.4 Å². The topological polar surface area (TPSA) is 93.6 Å². The number of rotatable bonds is 7. The third-order valence-corrected chi connectivity index (χ3v) is 9.65. The van der Waals surface area contributed by atoms with E-state index in [1.54, 1.807) is 79.7 Å². The van der Waals surface area contributed by atoms with Crippen molar-refractivity contribution < 1.29 is 23.9 Å². The lowest BCUT2D eigenvalue weighted by Crippen LogP contribution is -2.29. The molecule has 0 atom stereocenters. The number of ketones is 1. The number of fused-ring (bicyclic) bond motifs is 2. The fraction of sp³-hybridized carbons (Fsp3) is 0.0513. The van der Waals surface area contributed by atoms with Crippen molar-refractivity contribution in [3.63, 3.8) is 0 Å². The molecule has 234 valence electrons. The number of esters is 1. The van der Waals surface area contributed by atoms with Gasteiger partial charge >= 0.3 is 5.97 Å². The van der Waals surface area contributed by atoms with Crippen LogP contribution in [0.4, 0.5) is 5.69 Å². The Morgan fingerprint density at radius 1 is 0.771 bits per heavy atom. The maximum atomic E-state index is 13.6. The summed E-state index contributed by atoms with van der Waals surface area (Å²) >= 11 is 10.0. The van der Waals surface area contributed by atoms with E-state index in [4.69, 9.17) is 21.3 Å². The molecule has 2 amide bonds. The van der Waals surface area contributed by atoms with Crippen LogP contribution in [-0.4, -0.2) is 35.2 Å². The smallest absolute Gasteiger partial charge is 0.339 e. The zero-order chi connectivity index (χ0) is 33.5. The van der Waals surface area contributed by atoms with Gasteiger partial charge in [0.15, 0.2) is 12.4 Å². The number of anilines is 1. The van der Waals surface area contributed by atoms with Gasteiger partial charge in [0, 0.05) is 21.0 Å². The second kappa shape index (κ2) is 12.6. The van der Waals surface area contributed by atoms with Gasteiger partial charge in [0.2, 0.25) is 0 Å². The lowest BCUT2D eigenvalue weighted by atomic mass is 10.0. The van der Waals surface area contributed by atoms with Gasteiger partial charge in [-0.05, 0) is 75.9 Å². The number of Topliss-reactive ketones (excluding diaryl/α,β-unsaturated/α-hetero) is 1. The highest BCUT2D eigenvalue weighted by atomic mass is 79.9. The lowest BCUT2D eigenvalue weighted by Gasteiger charge is -2.15. The number of carbonyl (C=O) groups excluding carboxylic acids is 4. The molecule has 9 heteroatoms. The van der Waals surface area contributed by atoms with Crippen LogP contribution in [0.15, 0.2) is 120 Å². The van der Waals surface area contributed by atoms with Crippen LogP contribution in [0.25, 0.3) is 33.3 Å². The second-order valence-electron chi connectivity index (χ2n) is 11.2. The van der Waals surface area contributed by atoms with Crippen LogP contribution < -0.4 is 4.90 Å². The Morgan fingerprint density at radius 2 is 1.35 bits per heavy atom. The van der Waals surface area contributed by atoms with E-state index in [9.17, 15) is 19.2 Å². The number of halogens is 2. The standard InChI is InChI=1S/C39H24BrClN2O5/c1-22-35(41)32(40)19-30-31(39(47)48-21-34(44)26-13-11-24(12-14-26)23-7-3-2-4-8-23)20-33(42-36(22)30)25-15-17-27(18-16-25)43-37(45)28-9-5-6-10-29(28)38(43)46/h2-20H,21H2,1H3. The number of aryl methyl sites for hydroxylation is 1. The minimum Gasteiger partial charge on any atom is -0.454 e. The third kappa shape index (κ3) is 5.59. The Morgan fingerprint density at radius 3 is 2.00 bits per heavy atom. The van der Waals surface area contributed by atoms with Crippen molar-refractivity contribution >= 4 is 67.7 Å². The monoisotopic (exact) mass is 714 g/mol. The van der Waals surface area contributed by atoms with Crippen LogP contribution in [0.3, 0.4) is 0 Å². The number of hydrogen-bond acceptors (Lipinski definition) is 6. The highest BCUT2D eigenvalue weighted by molar-refractivity contribution is 9.10. The van der Waals surface area contributed by atoms with E-state index in [-0.39, 0.29) is 11.3 Å². The summed E-state index contributed by atoms with van der Waals surface area (Å²) in [5.41, 5.74) is 5.93. The van der Waals surface area contributed by atoms with Crippen molar-refractivity contribution in [2.45, 2.75) is 6.92 Å². The first-order valence-corrected chi connectivity index (χ1v) is 16.1. The molecule has 1 aromatic heterocycles. The number of imide groups is 1. The molecule has 0 bridgehead atoms. The molecule has 1 aliphatic heterocycles. The van der Waals surface area contributed by atoms with Gasteiger partial charge < -0.3 is 4.74 Å². The minimum atomic E-state index is -0.700. The Labute approximate surface area is 288 Å². The van der Waals surface area contributed by atoms with Crippen LogP contribution in [-0.2, 0) is 4.74 Å². The highest BCUT2D eigenvalue weighted by Gasteiger charge is 2.36. The average Bonchev–Trinajstić information content (AvgIpc) is 3.38. The van der Waals surface area contributed by atoms with Crippen LogP contribution in [0, 0.1) is 6.92 Å². The van der Waals surface area contributed by atoms with E-state index in [0.29, 0.717) is 59.6 Å². The highest BCUT2D eigenvalue weighted by Crippen LogP contribution is 2.36. The predicted molar refractivity (Wildman–Crippen MR) is 189 cm³/mol. The summed E-state index contributed by atoms with van der Waals surface area (Å²) in [6.07, 6.45) is 0. The molecular formula is C39H24BrClN2O5. The van der Waals surface area contributed by atoms with Crippen LogP contribution >= 0.6 is 27.5 Å². The zero-order valence-electron chi connectivity index (χ0n) is 25.4. The normalized spacial score (nSPS) is 12.4. The largest absolute Gasteiger partial charge is 0.454 e. The number of pyridine rings is 1. The number of nitrogens with zero attached hydrogens (tertiary/aromatic N) is 2. The number of aromatic nitrogens is 1. The number of hydrogen-bond donors (Lipinski definition) is 0. The van der Waals surface area contributed by atoms with E-state index in [2.05, 4.69) is 15.9 Å². The fourth-order valence-corrected chi connectivity index (χ4v) is 6.42. The Hall–Kier alpha value is -5.44. The summed E-state index contributed by atoms with van der Waals surface area (Å²) in [5, 5.41) is 0.946. The van der Waals surface area contributed by atoms with Gasteiger partial charge in [-0.25, -0.2) is 14.7 Å². The summed E-state index contributed by atoms with van der Waals surface area (Å²) < 4.78 is 6.14. The molecule has 0 saturated carbocycles. The first kappa shape index (κ1) is 31.2. The van der Waals surface area contributed by atoms with Gasteiger partial charge in [0.1, 0.15) is 0 Å². The summed E-state index contributed by atoms with van der Waals surface area (Å²) in [7, 11) is 0. The number of carbonyl (C=O) groups is 4. The number of ether oxygens (including phenoxy) is 1. The number of benzene rings is 5. The predicted octanol–water partition coefficient (Wildman–Crippen LogP) is 9.13. The molecule has 0 radical (unpaired) electrons. The van der Waals surface area contributed by atoms with Crippen molar-refractivity contribution in [1.29, 1.82) is 0 Å². The second-order valence-corrected chi connectivity index (χ2v) is 12.5. The van der Waals surface area contributed by atoms with E-state index >= 15 is 0 Å². The molecule has 0 aliphatic carbocycles. The van der Waals surface area contributed by atoms with Crippen molar-refractivity contribution in [3.8, 4) is 22.4 Å². The average molecular weight is 716 g/mol. The minimum absolute atomic E-state index is 0.201. The fourth-order valence-electron chi connectivity index (χ4n) is 5.75. The molecule has 0 spiro atoms. The van der Waals surface area contributed by atoms with Gasteiger partial charge in [0.05, 0.1) is 38.6 Å². The maximum Gasteiger partial charge on any atom is 0.339 e. The molecule has 7 rings (SSSR count). The quantitative estimate of drug-likeness (QED) is 0.0930. The van der Waals surface area contributed by atoms with Gasteiger partial charge in [-0.15, -0.1) is 0 Å². The van der Waals surface area contributed by atoms with Gasteiger partial charge in [-0.2, -0.15) is 0 Å². The summed E-state index contributed by atoms with van der Waals surface area (Å²) in [6.45, 7) is 1.35. The molecule has 0 unspecified atom stereocenters. The van der Waals surface area contributed by atoms with E-state index < -0.39 is 24.4 Å². The molecule has 7 nitrogen and oxygen atoms in total. The van der Waals surface area contributed by atoms with Crippen molar-refractivity contribution in [2.75, 3.05) is 11.5 Å². The first-order valence-electron chi connectivity index (χ1n) is 14.9. The molecular weight excluding hydrogens is 692 g/mol. The van der Waals surface area contributed by atoms with Crippen molar-refractivity contribution in [1.82, 2.24) is 4.98 Å². The van der Waals surface area contributed by atoms with Crippen LogP contribution in [0.5, 0.6) is 0 Å². The summed E-state index contributed by atoms with van der Waals surface area (Å²) in [5.74, 6) is -1.83. The zero-order valence-corrected chi connectivity index (χ0v) is 27.7. The molecule has 1 aliphatic rings. The molecule has 0 N–H and O–H groups in total. The first-order chi connectivity index (χ1) is 23.2. The molecule has 5 aromatic carbocycles. The molecule has 0 saturated heterocycles. The summed E-state index contributed by atoms with van der Waals surface area (Å²) in [4.78, 5) is 58.6. The van der Waals surface area contributed by atoms with Gasteiger partial charge in [-0.1, -0.05) is 90.5 Å². The van der Waals surface area contributed by atoms with E-state index in [1.165, 1.54) is 0 Å². The maximum absolute atomic E-state index is 13.6. The number of amides is 2. The molecule has 0 fully saturated rings. The van der Waals surface area contributed by atoms with Gasteiger partial charge in [0.25, 0.3) is 11.8 Å². The van der Waals surface area contributed by atoms with Crippen molar-refractivity contribution in [3.05, 3.63) is 153 Å². The van der Waals surface area contributed by atoms with E-state index in [0.717, 1.165) is 16.0 Å². The van der Waals surface area contributed by atoms with E-state index in [1.807, 2.05) is 42.5 Å². The third-order valence-electron chi connectivity index (χ3n) is 8.31. The Balaban J connectivity index is 1.17. The lowest BCUT2D eigenvalue weighted by molar-refractivity contribution is 0.0476. The molecule has 48 heavy (non-hydrogen) atoms. The van der Waals surface area contributed by atoms with Crippen LogP contribution in [0.1, 0.15) is 47.0 Å².